The molecule has 0 bridgehead atoms. The normalized spacial score (nSPS) is 11.6. The first-order chi connectivity index (χ1) is 13.9. The maximum Gasteiger partial charge on any atom is 0.434 e. The number of nitrogens with one attached hydrogen (secondary N) is 1. The highest BCUT2D eigenvalue weighted by Crippen LogP contribution is 2.33. The molecule has 0 spiro atoms. The Morgan fingerprint density at radius 1 is 1.10 bits per heavy atom. The van der Waals surface area contributed by atoms with Crippen molar-refractivity contribution < 1.29 is 22.7 Å². The minimum absolute atomic E-state index is 0.119. The summed E-state index contributed by atoms with van der Waals surface area (Å²) in [5, 5.41) is 17.3. The van der Waals surface area contributed by atoms with Crippen LogP contribution < -0.4 is 10.1 Å². The molecule has 1 amide bonds. The third kappa shape index (κ3) is 3.33. The molecule has 1 N–H and O–H groups in total. The Balaban J connectivity index is 1.74. The third-order valence-electron chi connectivity index (χ3n) is 3.87. The van der Waals surface area contributed by atoms with E-state index in [0.29, 0.717) is 10.3 Å². The number of anilines is 1. The molecule has 4 heterocycles. The highest BCUT2D eigenvalue weighted by molar-refractivity contribution is 6.04. The predicted octanol–water partition coefficient (Wildman–Crippen LogP) is 1.98. The largest absolute Gasteiger partial charge is 0.480 e. The number of rotatable bonds is 4. The Labute approximate surface area is 160 Å². The number of carbonyl (C=O) groups is 1. The van der Waals surface area contributed by atoms with Crippen LogP contribution in [0.4, 0.5) is 19.0 Å². The summed E-state index contributed by atoms with van der Waals surface area (Å²) in [5.41, 5.74) is -1.56. The second-order valence-electron chi connectivity index (χ2n) is 5.64. The number of fused-ring (bicyclic) bond motifs is 1. The van der Waals surface area contributed by atoms with Crippen molar-refractivity contribution >= 4 is 17.4 Å². The monoisotopic (exact) mass is 404 g/mol. The summed E-state index contributed by atoms with van der Waals surface area (Å²) in [6.07, 6.45) is -1.23. The van der Waals surface area contributed by atoms with E-state index < -0.39 is 23.3 Å². The average molecular weight is 404 g/mol. The third-order valence-corrected chi connectivity index (χ3v) is 3.87. The molecule has 0 saturated carbocycles. The van der Waals surface area contributed by atoms with E-state index in [2.05, 4.69) is 30.7 Å². The molecule has 0 aliphatic rings. The van der Waals surface area contributed by atoms with Crippen LogP contribution in [0.3, 0.4) is 0 Å². The predicted molar refractivity (Wildman–Crippen MR) is 91.6 cm³/mol. The van der Waals surface area contributed by atoms with Gasteiger partial charge in [-0.05, 0) is 12.1 Å². The van der Waals surface area contributed by atoms with Gasteiger partial charge < -0.3 is 10.1 Å². The quantitative estimate of drug-likeness (QED) is 0.554. The van der Waals surface area contributed by atoms with Gasteiger partial charge in [0.1, 0.15) is 5.82 Å². The molecule has 0 unspecified atom stereocenters. The van der Waals surface area contributed by atoms with E-state index in [1.807, 2.05) is 0 Å². The first-order valence-electron chi connectivity index (χ1n) is 8.02. The van der Waals surface area contributed by atoms with E-state index in [1.165, 1.54) is 42.2 Å². The molecule has 29 heavy (non-hydrogen) atoms. The van der Waals surface area contributed by atoms with Gasteiger partial charge in [0.15, 0.2) is 17.2 Å². The molecule has 0 saturated heterocycles. The molecular formula is C16H11F3N8O2. The van der Waals surface area contributed by atoms with Gasteiger partial charge in [0, 0.05) is 18.3 Å². The number of hydrogen-bond acceptors (Lipinski definition) is 7. The van der Waals surface area contributed by atoms with Crippen LogP contribution in [0.5, 0.6) is 5.88 Å². The Morgan fingerprint density at radius 2 is 1.93 bits per heavy atom. The van der Waals surface area contributed by atoms with E-state index in [0.717, 1.165) is 6.20 Å². The van der Waals surface area contributed by atoms with Crippen molar-refractivity contribution in [3.05, 3.63) is 54.1 Å². The first kappa shape index (κ1) is 18.3. The number of alkyl halides is 3. The Hall–Kier alpha value is -4.03. The lowest BCUT2D eigenvalue weighted by molar-refractivity contribution is -0.143. The zero-order valence-corrected chi connectivity index (χ0v) is 14.6. The van der Waals surface area contributed by atoms with Crippen molar-refractivity contribution in [2.75, 3.05) is 12.4 Å². The number of aromatic nitrogens is 7. The van der Waals surface area contributed by atoms with Crippen molar-refractivity contribution in [1.29, 1.82) is 0 Å². The van der Waals surface area contributed by atoms with Crippen molar-refractivity contribution in [2.24, 2.45) is 0 Å². The van der Waals surface area contributed by atoms with Crippen molar-refractivity contribution in [2.45, 2.75) is 6.18 Å². The number of amides is 1. The molecule has 4 aromatic heterocycles. The van der Waals surface area contributed by atoms with Gasteiger partial charge in [-0.15, -0.1) is 10.2 Å². The summed E-state index contributed by atoms with van der Waals surface area (Å²) in [6.45, 7) is 0. The summed E-state index contributed by atoms with van der Waals surface area (Å²) >= 11 is 0. The smallest absolute Gasteiger partial charge is 0.434 e. The van der Waals surface area contributed by atoms with Crippen LogP contribution in [-0.4, -0.2) is 47.6 Å². The number of methoxy groups -OCH3 is 1. The number of carbonyl (C=O) groups excluding carboxylic acids is 1. The lowest BCUT2D eigenvalue weighted by atomic mass is 10.2. The van der Waals surface area contributed by atoms with Crippen LogP contribution >= 0.6 is 0 Å². The first-order valence-corrected chi connectivity index (χ1v) is 8.02. The standard InChI is InChI=1S/C16H11F3N8O2/c1-29-13-3-2-12(24-25-13)27-14(16(17,18)19)9(8-22-27)15(28)23-11-4-6-20-10-5-7-21-26(10)11/h2-8H,1H3,(H,23,28). The van der Waals surface area contributed by atoms with Gasteiger partial charge in [-0.1, -0.05) is 0 Å². The van der Waals surface area contributed by atoms with Gasteiger partial charge >= 0.3 is 6.18 Å². The fourth-order valence-electron chi connectivity index (χ4n) is 2.61. The van der Waals surface area contributed by atoms with Gasteiger partial charge in [-0.3, -0.25) is 4.79 Å². The Morgan fingerprint density at radius 3 is 2.62 bits per heavy atom. The number of ether oxygens (including phenoxy) is 1. The molecule has 0 radical (unpaired) electrons. The van der Waals surface area contributed by atoms with Gasteiger partial charge in [0.2, 0.25) is 5.88 Å². The second kappa shape index (κ2) is 6.85. The van der Waals surface area contributed by atoms with E-state index in [1.54, 1.807) is 6.07 Å². The second-order valence-corrected chi connectivity index (χ2v) is 5.64. The summed E-state index contributed by atoms with van der Waals surface area (Å²) in [6, 6.07) is 5.56. The fourth-order valence-corrected chi connectivity index (χ4v) is 2.61. The highest BCUT2D eigenvalue weighted by Gasteiger charge is 2.41. The molecule has 0 aliphatic carbocycles. The average Bonchev–Trinajstić information content (AvgIpc) is 3.35. The zero-order valence-electron chi connectivity index (χ0n) is 14.6. The van der Waals surface area contributed by atoms with Crippen LogP contribution in [-0.2, 0) is 6.18 Å². The van der Waals surface area contributed by atoms with Crippen LogP contribution in [0.1, 0.15) is 16.1 Å². The maximum atomic E-state index is 13.7. The van der Waals surface area contributed by atoms with Crippen LogP contribution in [0.15, 0.2) is 42.9 Å². The maximum absolute atomic E-state index is 13.7. The SMILES string of the molecule is COc1ccc(-n2ncc(C(=O)Nc3ccnc4ccnn34)c2C(F)(F)F)nn1. The molecular weight excluding hydrogens is 393 g/mol. The van der Waals surface area contributed by atoms with Gasteiger partial charge in [0.25, 0.3) is 5.91 Å². The van der Waals surface area contributed by atoms with E-state index in [-0.39, 0.29) is 17.5 Å². The van der Waals surface area contributed by atoms with Crippen molar-refractivity contribution in [3.63, 3.8) is 0 Å². The minimum Gasteiger partial charge on any atom is -0.480 e. The molecule has 10 nitrogen and oxygen atoms in total. The molecule has 148 valence electrons. The minimum atomic E-state index is -4.88. The van der Waals surface area contributed by atoms with Crippen LogP contribution in [0.2, 0.25) is 0 Å². The molecule has 0 aromatic carbocycles. The Kier molecular flexibility index (Phi) is 4.33. The topological polar surface area (TPSA) is 112 Å². The fraction of sp³-hybridized carbons (Fsp3) is 0.125. The summed E-state index contributed by atoms with van der Waals surface area (Å²) < 4.78 is 47.8. The van der Waals surface area contributed by atoms with E-state index >= 15 is 0 Å². The highest BCUT2D eigenvalue weighted by atomic mass is 19.4. The van der Waals surface area contributed by atoms with Gasteiger partial charge in [-0.2, -0.15) is 27.9 Å². The van der Waals surface area contributed by atoms with Crippen molar-refractivity contribution in [1.82, 2.24) is 34.6 Å². The van der Waals surface area contributed by atoms with Crippen LogP contribution in [0.25, 0.3) is 11.5 Å². The summed E-state index contributed by atoms with van der Waals surface area (Å²) in [5.74, 6) is -0.980. The molecule has 0 fully saturated rings. The molecule has 13 heteroatoms. The zero-order chi connectivity index (χ0) is 20.6. The number of nitrogens with zero attached hydrogens (tertiary/aromatic N) is 7. The van der Waals surface area contributed by atoms with Gasteiger partial charge in [0.05, 0.1) is 25.1 Å². The lowest BCUT2D eigenvalue weighted by Gasteiger charge is -2.12. The summed E-state index contributed by atoms with van der Waals surface area (Å²) in [4.78, 5) is 16.6. The molecule has 0 atom stereocenters. The summed E-state index contributed by atoms with van der Waals surface area (Å²) in [7, 11) is 1.34. The lowest BCUT2D eigenvalue weighted by Crippen LogP contribution is -2.22. The van der Waals surface area contributed by atoms with Crippen molar-refractivity contribution in [3.8, 4) is 11.7 Å². The van der Waals surface area contributed by atoms with Gasteiger partial charge in [-0.25, -0.2) is 9.67 Å². The van der Waals surface area contributed by atoms with E-state index in [4.69, 9.17) is 4.74 Å². The number of hydrogen-bond donors (Lipinski definition) is 1. The van der Waals surface area contributed by atoms with E-state index in [9.17, 15) is 18.0 Å². The molecule has 4 aromatic rings. The molecule has 0 aliphatic heterocycles. The van der Waals surface area contributed by atoms with Crippen LogP contribution in [0, 0.1) is 0 Å². The molecule has 4 rings (SSSR count). The number of halogens is 3. The Bertz CT molecular complexity index is 1180.